The van der Waals surface area contributed by atoms with Crippen LogP contribution in [0.1, 0.15) is 20.3 Å². The highest BCUT2D eigenvalue weighted by molar-refractivity contribution is 5.87. The highest BCUT2D eigenvalue weighted by Gasteiger charge is 2.06. The molecule has 0 atom stereocenters. The standard InChI is InChI=1S/C7H13NO2/c1-3-6(7(9)10)5(2)4-8/h3-4,8H2,1-2H3,(H,9,10). The molecule has 0 saturated heterocycles. The van der Waals surface area contributed by atoms with Crippen LogP contribution in [0.25, 0.3) is 0 Å². The third kappa shape index (κ3) is 2.19. The molecule has 0 aliphatic rings. The highest BCUT2D eigenvalue weighted by atomic mass is 16.4. The number of carboxylic acid groups (broad SMARTS) is 1. The summed E-state index contributed by atoms with van der Waals surface area (Å²) in [6.45, 7) is 3.88. The summed E-state index contributed by atoms with van der Waals surface area (Å²) in [4.78, 5) is 10.4. The van der Waals surface area contributed by atoms with E-state index in [9.17, 15) is 4.79 Å². The molecule has 0 heterocycles. The van der Waals surface area contributed by atoms with Crippen LogP contribution >= 0.6 is 0 Å². The number of hydrogen-bond donors (Lipinski definition) is 2. The Labute approximate surface area is 60.5 Å². The van der Waals surface area contributed by atoms with Gasteiger partial charge in [-0.2, -0.15) is 0 Å². The van der Waals surface area contributed by atoms with Gasteiger partial charge >= 0.3 is 5.97 Å². The van der Waals surface area contributed by atoms with Crippen molar-refractivity contribution >= 4 is 5.97 Å². The zero-order chi connectivity index (χ0) is 8.15. The van der Waals surface area contributed by atoms with Gasteiger partial charge in [-0.1, -0.05) is 6.92 Å². The first-order valence-corrected chi connectivity index (χ1v) is 3.25. The van der Waals surface area contributed by atoms with Crippen molar-refractivity contribution in [1.82, 2.24) is 0 Å². The Morgan fingerprint density at radius 2 is 2.10 bits per heavy atom. The molecule has 0 aromatic rings. The minimum Gasteiger partial charge on any atom is -0.478 e. The number of hydrogen-bond acceptors (Lipinski definition) is 2. The topological polar surface area (TPSA) is 63.3 Å². The summed E-state index contributed by atoms with van der Waals surface area (Å²) in [5, 5.41) is 8.56. The van der Waals surface area contributed by atoms with Crippen LogP contribution in [0.15, 0.2) is 11.1 Å². The first kappa shape index (κ1) is 9.17. The summed E-state index contributed by atoms with van der Waals surface area (Å²) in [7, 11) is 0. The largest absolute Gasteiger partial charge is 0.478 e. The van der Waals surface area contributed by atoms with Gasteiger partial charge in [0.25, 0.3) is 0 Å². The van der Waals surface area contributed by atoms with Crippen molar-refractivity contribution in [3.63, 3.8) is 0 Å². The molecule has 3 N–H and O–H groups in total. The lowest BCUT2D eigenvalue weighted by molar-refractivity contribution is -0.132. The first-order valence-electron chi connectivity index (χ1n) is 3.25. The predicted molar refractivity (Wildman–Crippen MR) is 39.7 cm³/mol. The number of nitrogens with two attached hydrogens (primary N) is 1. The molecule has 3 heteroatoms. The molecular weight excluding hydrogens is 130 g/mol. The molecular formula is C7H13NO2. The van der Waals surface area contributed by atoms with Crippen LogP contribution < -0.4 is 5.73 Å². The second-order valence-electron chi connectivity index (χ2n) is 2.12. The molecule has 0 unspecified atom stereocenters. The molecule has 0 radical (unpaired) electrons. The maximum absolute atomic E-state index is 10.4. The van der Waals surface area contributed by atoms with E-state index in [1.54, 1.807) is 6.92 Å². The molecule has 0 aliphatic heterocycles. The van der Waals surface area contributed by atoms with Crippen LogP contribution in [0.4, 0.5) is 0 Å². The predicted octanol–water partition coefficient (Wildman–Crippen LogP) is 0.756. The summed E-state index contributed by atoms with van der Waals surface area (Å²) >= 11 is 0. The van der Waals surface area contributed by atoms with E-state index in [1.165, 1.54) is 0 Å². The average molecular weight is 143 g/mol. The van der Waals surface area contributed by atoms with Crippen LogP contribution in [0.2, 0.25) is 0 Å². The quantitative estimate of drug-likeness (QED) is 0.573. The minimum absolute atomic E-state index is 0.329. The van der Waals surface area contributed by atoms with E-state index < -0.39 is 5.97 Å². The van der Waals surface area contributed by atoms with E-state index in [0.29, 0.717) is 18.5 Å². The fourth-order valence-corrected chi connectivity index (χ4v) is 0.759. The summed E-state index contributed by atoms with van der Waals surface area (Å²) in [5.74, 6) is -0.856. The molecule has 0 aromatic carbocycles. The van der Waals surface area contributed by atoms with Gasteiger partial charge in [-0.3, -0.25) is 0 Å². The average Bonchev–Trinajstić information content (AvgIpc) is 1.88. The molecule has 0 saturated carbocycles. The fraction of sp³-hybridized carbons (Fsp3) is 0.571. The molecule has 3 nitrogen and oxygen atoms in total. The molecule has 10 heavy (non-hydrogen) atoms. The third-order valence-electron chi connectivity index (χ3n) is 1.43. The van der Waals surface area contributed by atoms with Crippen molar-refractivity contribution < 1.29 is 9.90 Å². The molecule has 0 amide bonds. The smallest absolute Gasteiger partial charge is 0.331 e. The number of rotatable bonds is 3. The Balaban J connectivity index is 4.45. The van der Waals surface area contributed by atoms with E-state index in [4.69, 9.17) is 10.8 Å². The van der Waals surface area contributed by atoms with E-state index in [0.717, 1.165) is 5.57 Å². The number of carbonyl (C=O) groups is 1. The van der Waals surface area contributed by atoms with Crippen LogP contribution in [0, 0.1) is 0 Å². The van der Waals surface area contributed by atoms with Crippen molar-refractivity contribution in [3.8, 4) is 0 Å². The molecule has 0 spiro atoms. The van der Waals surface area contributed by atoms with Gasteiger partial charge in [-0.15, -0.1) is 0 Å². The van der Waals surface area contributed by atoms with Crippen LogP contribution in [-0.4, -0.2) is 17.6 Å². The highest BCUT2D eigenvalue weighted by Crippen LogP contribution is 2.06. The summed E-state index contributed by atoms with van der Waals surface area (Å²) in [5.41, 5.74) is 6.46. The van der Waals surface area contributed by atoms with Gasteiger partial charge in [0.15, 0.2) is 0 Å². The zero-order valence-corrected chi connectivity index (χ0v) is 6.35. The third-order valence-corrected chi connectivity index (χ3v) is 1.43. The van der Waals surface area contributed by atoms with E-state index in [2.05, 4.69) is 0 Å². The van der Waals surface area contributed by atoms with Gasteiger partial charge in [-0.05, 0) is 18.9 Å². The normalized spacial score (nSPS) is 12.7. The number of aliphatic carboxylic acids is 1. The van der Waals surface area contributed by atoms with Crippen molar-refractivity contribution in [2.45, 2.75) is 20.3 Å². The van der Waals surface area contributed by atoms with E-state index in [-0.39, 0.29) is 0 Å². The molecule has 0 bridgehead atoms. The molecule has 0 fully saturated rings. The van der Waals surface area contributed by atoms with Crippen molar-refractivity contribution in [2.24, 2.45) is 5.73 Å². The fourth-order valence-electron chi connectivity index (χ4n) is 0.759. The van der Waals surface area contributed by atoms with Gasteiger partial charge in [0, 0.05) is 12.1 Å². The van der Waals surface area contributed by atoms with Gasteiger partial charge in [0.1, 0.15) is 0 Å². The Morgan fingerprint density at radius 3 is 2.20 bits per heavy atom. The van der Waals surface area contributed by atoms with Gasteiger partial charge in [0.2, 0.25) is 0 Å². The number of carboxylic acids is 1. The minimum atomic E-state index is -0.856. The van der Waals surface area contributed by atoms with Gasteiger partial charge in [-0.25, -0.2) is 4.79 Å². The molecule has 0 rings (SSSR count). The molecule has 0 aromatic heterocycles. The second kappa shape index (κ2) is 4.06. The Morgan fingerprint density at radius 1 is 1.60 bits per heavy atom. The maximum atomic E-state index is 10.4. The lowest BCUT2D eigenvalue weighted by Gasteiger charge is -2.01. The second-order valence-corrected chi connectivity index (χ2v) is 2.12. The van der Waals surface area contributed by atoms with E-state index in [1.807, 2.05) is 6.92 Å². The lowest BCUT2D eigenvalue weighted by Crippen LogP contribution is -2.09. The lowest BCUT2D eigenvalue weighted by atomic mass is 10.1. The summed E-state index contributed by atoms with van der Waals surface area (Å²) < 4.78 is 0. The first-order chi connectivity index (χ1) is 4.63. The van der Waals surface area contributed by atoms with Gasteiger partial charge in [0.05, 0.1) is 0 Å². The summed E-state index contributed by atoms with van der Waals surface area (Å²) in [6, 6.07) is 0. The monoisotopic (exact) mass is 143 g/mol. The van der Waals surface area contributed by atoms with Crippen molar-refractivity contribution in [3.05, 3.63) is 11.1 Å². The van der Waals surface area contributed by atoms with E-state index >= 15 is 0 Å². The Bertz CT molecular complexity index is 161. The SMILES string of the molecule is CCC(C(=O)O)=C(C)CN. The van der Waals surface area contributed by atoms with Crippen LogP contribution in [0.3, 0.4) is 0 Å². The van der Waals surface area contributed by atoms with Crippen LogP contribution in [-0.2, 0) is 4.79 Å². The Kier molecular flexibility index (Phi) is 3.72. The summed E-state index contributed by atoms with van der Waals surface area (Å²) in [6.07, 6.45) is 0.540. The zero-order valence-electron chi connectivity index (χ0n) is 6.35. The maximum Gasteiger partial charge on any atom is 0.331 e. The molecule has 0 aliphatic carbocycles. The van der Waals surface area contributed by atoms with Crippen LogP contribution in [0.5, 0.6) is 0 Å². The Hall–Kier alpha value is -0.830. The van der Waals surface area contributed by atoms with Crippen molar-refractivity contribution in [1.29, 1.82) is 0 Å². The van der Waals surface area contributed by atoms with Crippen molar-refractivity contribution in [2.75, 3.05) is 6.54 Å². The van der Waals surface area contributed by atoms with Gasteiger partial charge < -0.3 is 10.8 Å². The molecule has 58 valence electrons.